The van der Waals surface area contributed by atoms with Gasteiger partial charge in [0.15, 0.2) is 0 Å². The van der Waals surface area contributed by atoms with E-state index in [0.29, 0.717) is 11.4 Å². The van der Waals surface area contributed by atoms with Gasteiger partial charge >= 0.3 is 0 Å². The summed E-state index contributed by atoms with van der Waals surface area (Å²) in [6.07, 6.45) is 6.18. The Kier molecular flexibility index (Phi) is 4.58. The van der Waals surface area contributed by atoms with Crippen molar-refractivity contribution in [3.8, 4) is 0 Å². The third kappa shape index (κ3) is 3.80. The molecule has 1 fully saturated rings. The van der Waals surface area contributed by atoms with Gasteiger partial charge in [0, 0.05) is 31.5 Å². The molecule has 3 N–H and O–H groups in total. The topological polar surface area (TPSA) is 70.1 Å². The summed E-state index contributed by atoms with van der Waals surface area (Å²) in [5.41, 5.74) is 1.35. The molecule has 0 radical (unpaired) electrons. The van der Waals surface area contributed by atoms with Gasteiger partial charge in [0.1, 0.15) is 5.82 Å². The highest BCUT2D eigenvalue weighted by Gasteiger charge is 2.41. The van der Waals surface area contributed by atoms with Crippen LogP contribution in [0.1, 0.15) is 38.2 Å². The fraction of sp³-hybridized carbons (Fsp3) is 0.714. The van der Waals surface area contributed by atoms with Crippen LogP contribution in [0.15, 0.2) is 6.20 Å². The highest BCUT2D eigenvalue weighted by Crippen LogP contribution is 2.48. The molecule has 0 spiro atoms. The van der Waals surface area contributed by atoms with Crippen LogP contribution in [-0.2, 0) is 0 Å². The minimum atomic E-state index is 0.272. The maximum absolute atomic E-state index is 9.07. The zero-order valence-corrected chi connectivity index (χ0v) is 11.9. The Morgan fingerprint density at radius 1 is 1.37 bits per heavy atom. The minimum absolute atomic E-state index is 0.272. The van der Waals surface area contributed by atoms with Gasteiger partial charge in [-0.3, -0.25) is 0 Å². The third-order valence-corrected chi connectivity index (χ3v) is 3.73. The van der Waals surface area contributed by atoms with E-state index in [-0.39, 0.29) is 6.61 Å². The molecule has 5 heteroatoms. The molecule has 0 bridgehead atoms. The summed E-state index contributed by atoms with van der Waals surface area (Å²) in [4.78, 5) is 8.78. The fourth-order valence-corrected chi connectivity index (χ4v) is 2.14. The van der Waals surface area contributed by atoms with Gasteiger partial charge < -0.3 is 15.7 Å². The first kappa shape index (κ1) is 14.1. The van der Waals surface area contributed by atoms with Crippen LogP contribution in [0.3, 0.4) is 0 Å². The maximum Gasteiger partial charge on any atom is 0.224 e. The van der Waals surface area contributed by atoms with Crippen LogP contribution in [0.4, 0.5) is 11.8 Å². The van der Waals surface area contributed by atoms with Crippen LogP contribution in [0, 0.1) is 12.3 Å². The van der Waals surface area contributed by atoms with Gasteiger partial charge in [0.25, 0.3) is 0 Å². The monoisotopic (exact) mass is 264 g/mol. The second kappa shape index (κ2) is 6.19. The number of aryl methyl sites for hydroxylation is 1. The molecule has 19 heavy (non-hydrogen) atoms. The first-order valence-electron chi connectivity index (χ1n) is 7.11. The van der Waals surface area contributed by atoms with Crippen LogP contribution < -0.4 is 10.6 Å². The first-order chi connectivity index (χ1) is 9.19. The lowest BCUT2D eigenvalue weighted by atomic mass is 10.0. The second-order valence-electron chi connectivity index (χ2n) is 5.48. The number of rotatable bonds is 8. The SMILES string of the molecule is CCCNc1ncc(C)c(NCC2(CCO)CC2)n1. The van der Waals surface area contributed by atoms with Crippen molar-refractivity contribution in [1.29, 1.82) is 0 Å². The largest absolute Gasteiger partial charge is 0.396 e. The minimum Gasteiger partial charge on any atom is -0.396 e. The van der Waals surface area contributed by atoms with E-state index in [0.717, 1.165) is 37.3 Å². The van der Waals surface area contributed by atoms with Crippen molar-refractivity contribution >= 4 is 11.8 Å². The number of aliphatic hydroxyl groups is 1. The Labute approximate surface area is 114 Å². The number of nitrogens with zero attached hydrogens (tertiary/aromatic N) is 2. The summed E-state index contributed by atoms with van der Waals surface area (Å²) in [6, 6.07) is 0. The van der Waals surface area contributed by atoms with E-state index in [9.17, 15) is 0 Å². The van der Waals surface area contributed by atoms with Gasteiger partial charge in [-0.15, -0.1) is 0 Å². The molecule has 1 aromatic heterocycles. The summed E-state index contributed by atoms with van der Waals surface area (Å²) in [5, 5.41) is 15.7. The zero-order valence-electron chi connectivity index (χ0n) is 11.9. The van der Waals surface area contributed by atoms with E-state index in [1.54, 1.807) is 0 Å². The maximum atomic E-state index is 9.07. The van der Waals surface area contributed by atoms with Gasteiger partial charge in [-0.1, -0.05) is 6.92 Å². The third-order valence-electron chi connectivity index (χ3n) is 3.73. The Morgan fingerprint density at radius 2 is 2.16 bits per heavy atom. The highest BCUT2D eigenvalue weighted by molar-refractivity contribution is 5.46. The molecule has 2 rings (SSSR count). The van der Waals surface area contributed by atoms with E-state index < -0.39 is 0 Å². The molecule has 0 aliphatic heterocycles. The number of anilines is 2. The van der Waals surface area contributed by atoms with Gasteiger partial charge in [0.05, 0.1) is 0 Å². The molecule has 5 nitrogen and oxygen atoms in total. The smallest absolute Gasteiger partial charge is 0.224 e. The highest BCUT2D eigenvalue weighted by atomic mass is 16.3. The molecule has 1 aliphatic rings. The molecular formula is C14H24N4O. The second-order valence-corrected chi connectivity index (χ2v) is 5.48. The van der Waals surface area contributed by atoms with E-state index in [1.807, 2.05) is 13.1 Å². The first-order valence-corrected chi connectivity index (χ1v) is 7.11. The normalized spacial score (nSPS) is 16.2. The summed E-state index contributed by atoms with van der Waals surface area (Å²) < 4.78 is 0. The number of aliphatic hydroxyl groups excluding tert-OH is 1. The molecule has 1 heterocycles. The molecule has 0 unspecified atom stereocenters. The fourth-order valence-electron chi connectivity index (χ4n) is 2.14. The van der Waals surface area contributed by atoms with Crippen LogP contribution in [-0.4, -0.2) is 34.8 Å². The lowest BCUT2D eigenvalue weighted by Crippen LogP contribution is -2.18. The Morgan fingerprint density at radius 3 is 2.79 bits per heavy atom. The van der Waals surface area contributed by atoms with Crippen molar-refractivity contribution in [3.05, 3.63) is 11.8 Å². The molecule has 0 saturated heterocycles. The van der Waals surface area contributed by atoms with Crippen LogP contribution in [0.25, 0.3) is 0 Å². The van der Waals surface area contributed by atoms with Gasteiger partial charge in [-0.25, -0.2) is 4.98 Å². The quantitative estimate of drug-likeness (QED) is 0.671. The predicted octanol–water partition coefficient (Wildman–Crippen LogP) is 2.18. The van der Waals surface area contributed by atoms with E-state index in [4.69, 9.17) is 5.11 Å². The Bertz CT molecular complexity index is 418. The molecule has 0 atom stereocenters. The Hall–Kier alpha value is -1.36. The molecule has 0 aromatic carbocycles. The van der Waals surface area contributed by atoms with E-state index in [1.165, 1.54) is 12.8 Å². The van der Waals surface area contributed by atoms with Gasteiger partial charge in [0.2, 0.25) is 5.95 Å². The van der Waals surface area contributed by atoms with Crippen molar-refractivity contribution in [3.63, 3.8) is 0 Å². The van der Waals surface area contributed by atoms with E-state index >= 15 is 0 Å². The van der Waals surface area contributed by atoms with E-state index in [2.05, 4.69) is 27.5 Å². The molecule has 1 saturated carbocycles. The number of hydrogen-bond donors (Lipinski definition) is 3. The van der Waals surface area contributed by atoms with Crippen LogP contribution >= 0.6 is 0 Å². The molecule has 1 aliphatic carbocycles. The molecule has 1 aromatic rings. The van der Waals surface area contributed by atoms with Crippen molar-refractivity contribution in [2.24, 2.45) is 5.41 Å². The number of nitrogens with one attached hydrogen (secondary N) is 2. The standard InChI is InChI=1S/C14H24N4O/c1-3-7-15-13-16-9-11(2)12(18-13)17-10-14(4-5-14)6-8-19/h9,19H,3-8,10H2,1-2H3,(H2,15,16,17,18). The van der Waals surface area contributed by atoms with Crippen LogP contribution in [0.5, 0.6) is 0 Å². The number of hydrogen-bond acceptors (Lipinski definition) is 5. The average molecular weight is 264 g/mol. The van der Waals surface area contributed by atoms with Crippen molar-refractivity contribution in [1.82, 2.24) is 9.97 Å². The Balaban J connectivity index is 1.95. The lowest BCUT2D eigenvalue weighted by Gasteiger charge is -2.16. The van der Waals surface area contributed by atoms with Crippen LogP contribution in [0.2, 0.25) is 0 Å². The average Bonchev–Trinajstić information content (AvgIpc) is 3.17. The van der Waals surface area contributed by atoms with Crippen molar-refractivity contribution in [2.75, 3.05) is 30.3 Å². The zero-order chi connectivity index (χ0) is 13.7. The van der Waals surface area contributed by atoms with Gasteiger partial charge in [-0.05, 0) is 38.0 Å². The van der Waals surface area contributed by atoms with Crippen molar-refractivity contribution in [2.45, 2.75) is 39.5 Å². The lowest BCUT2D eigenvalue weighted by molar-refractivity contribution is 0.253. The van der Waals surface area contributed by atoms with Crippen molar-refractivity contribution < 1.29 is 5.11 Å². The van der Waals surface area contributed by atoms with Gasteiger partial charge in [-0.2, -0.15) is 4.98 Å². The molecular weight excluding hydrogens is 240 g/mol. The predicted molar refractivity (Wildman–Crippen MR) is 77.4 cm³/mol. The molecule has 106 valence electrons. The molecule has 0 amide bonds. The number of aromatic nitrogens is 2. The summed E-state index contributed by atoms with van der Waals surface area (Å²) in [5.74, 6) is 1.58. The summed E-state index contributed by atoms with van der Waals surface area (Å²) in [6.45, 7) is 6.17. The summed E-state index contributed by atoms with van der Waals surface area (Å²) >= 11 is 0. The summed E-state index contributed by atoms with van der Waals surface area (Å²) in [7, 11) is 0.